The van der Waals surface area contributed by atoms with Crippen LogP contribution in [0.15, 0.2) is 0 Å². The molecule has 0 amide bonds. The Bertz CT molecular complexity index is 203. The Morgan fingerprint density at radius 2 is 2.00 bits per heavy atom. The Morgan fingerprint density at radius 3 is 2.75 bits per heavy atom. The van der Waals surface area contributed by atoms with Crippen LogP contribution in [-0.2, 0) is 0 Å². The number of hydrogen-bond donors (Lipinski definition) is 1. The van der Waals surface area contributed by atoms with Crippen LogP contribution in [0.1, 0.15) is 58.8 Å². The monoisotopic (exact) mass is 224 g/mol. The molecule has 0 aromatic heterocycles. The van der Waals surface area contributed by atoms with Crippen molar-refractivity contribution in [2.24, 2.45) is 0 Å². The molecule has 1 saturated carbocycles. The number of hydrogen-bond acceptors (Lipinski definition) is 2. The highest BCUT2D eigenvalue weighted by Crippen LogP contribution is 2.30. The van der Waals surface area contributed by atoms with E-state index in [1.807, 2.05) is 0 Å². The van der Waals surface area contributed by atoms with Gasteiger partial charge in [0.2, 0.25) is 0 Å². The Hall–Kier alpha value is -0.0800. The molecule has 0 bridgehead atoms. The lowest BCUT2D eigenvalue weighted by molar-refractivity contribution is 0.125. The molecule has 1 N–H and O–H groups in total. The molecule has 1 saturated heterocycles. The largest absolute Gasteiger partial charge is 0.314 e. The van der Waals surface area contributed by atoms with Gasteiger partial charge in [-0.05, 0) is 51.6 Å². The van der Waals surface area contributed by atoms with Crippen molar-refractivity contribution in [3.8, 4) is 0 Å². The zero-order chi connectivity index (χ0) is 11.4. The first-order chi connectivity index (χ1) is 7.85. The molecule has 16 heavy (non-hydrogen) atoms. The van der Waals surface area contributed by atoms with Crippen LogP contribution in [0.4, 0.5) is 0 Å². The van der Waals surface area contributed by atoms with Crippen LogP contribution >= 0.6 is 0 Å². The minimum atomic E-state index is 0.793. The Labute approximate surface area is 101 Å². The van der Waals surface area contributed by atoms with Gasteiger partial charge in [0.25, 0.3) is 0 Å². The lowest BCUT2D eigenvalue weighted by Gasteiger charge is -2.38. The van der Waals surface area contributed by atoms with Crippen LogP contribution in [0.5, 0.6) is 0 Å². The van der Waals surface area contributed by atoms with Gasteiger partial charge in [0.15, 0.2) is 0 Å². The third-order valence-corrected chi connectivity index (χ3v) is 4.50. The third-order valence-electron chi connectivity index (χ3n) is 4.50. The number of likely N-dealkylation sites (tertiary alicyclic amines) is 1. The molecule has 2 nitrogen and oxygen atoms in total. The minimum Gasteiger partial charge on any atom is -0.314 e. The number of nitrogens with one attached hydrogen (secondary N) is 1. The summed E-state index contributed by atoms with van der Waals surface area (Å²) < 4.78 is 0. The molecular formula is C14H28N2. The van der Waals surface area contributed by atoms with Gasteiger partial charge in [-0.2, -0.15) is 0 Å². The zero-order valence-corrected chi connectivity index (χ0v) is 11.0. The highest BCUT2D eigenvalue weighted by molar-refractivity contribution is 4.89. The molecule has 0 radical (unpaired) electrons. The van der Waals surface area contributed by atoms with Gasteiger partial charge in [0.1, 0.15) is 0 Å². The smallest absolute Gasteiger partial charge is 0.0113 e. The zero-order valence-electron chi connectivity index (χ0n) is 11.0. The third kappa shape index (κ3) is 2.78. The van der Waals surface area contributed by atoms with Gasteiger partial charge >= 0.3 is 0 Å². The van der Waals surface area contributed by atoms with Gasteiger partial charge in [0.05, 0.1) is 0 Å². The maximum absolute atomic E-state index is 3.64. The van der Waals surface area contributed by atoms with Gasteiger partial charge in [-0.3, -0.25) is 4.90 Å². The van der Waals surface area contributed by atoms with Crippen molar-refractivity contribution >= 4 is 0 Å². The summed E-state index contributed by atoms with van der Waals surface area (Å²) >= 11 is 0. The summed E-state index contributed by atoms with van der Waals surface area (Å²) in [6.45, 7) is 7.08. The maximum Gasteiger partial charge on any atom is 0.0113 e. The normalized spacial score (nSPS) is 36.8. The highest BCUT2D eigenvalue weighted by atomic mass is 15.2. The van der Waals surface area contributed by atoms with Crippen LogP contribution in [-0.4, -0.2) is 36.1 Å². The van der Waals surface area contributed by atoms with Crippen LogP contribution < -0.4 is 5.32 Å². The second kappa shape index (κ2) is 6.02. The summed E-state index contributed by atoms with van der Waals surface area (Å²) in [5, 5.41) is 3.64. The molecule has 0 aromatic carbocycles. The van der Waals surface area contributed by atoms with Crippen LogP contribution in [0.2, 0.25) is 0 Å². The fourth-order valence-corrected chi connectivity index (χ4v) is 3.72. The van der Waals surface area contributed by atoms with Gasteiger partial charge in [-0.15, -0.1) is 0 Å². The molecule has 2 aliphatic rings. The lowest BCUT2D eigenvalue weighted by atomic mass is 9.89. The van der Waals surface area contributed by atoms with Crippen molar-refractivity contribution in [2.75, 3.05) is 13.1 Å². The standard InChI is InChI=1S/C14H28N2/c1-3-13-9-6-10-16(13)14-8-5-7-12(11-14)15-4-2/h12-15H,3-11H2,1-2H3. The van der Waals surface area contributed by atoms with Gasteiger partial charge in [0, 0.05) is 18.1 Å². The molecule has 1 heterocycles. The average molecular weight is 224 g/mol. The van der Waals surface area contributed by atoms with Crippen LogP contribution in [0.3, 0.4) is 0 Å². The molecule has 2 heteroatoms. The van der Waals surface area contributed by atoms with Crippen molar-refractivity contribution in [3.63, 3.8) is 0 Å². The molecule has 2 fully saturated rings. The molecule has 3 unspecified atom stereocenters. The summed E-state index contributed by atoms with van der Waals surface area (Å²) in [6, 6.07) is 2.57. The van der Waals surface area contributed by atoms with E-state index in [9.17, 15) is 0 Å². The first-order valence-electron chi connectivity index (χ1n) is 7.34. The summed E-state index contributed by atoms with van der Waals surface area (Å²) in [7, 11) is 0. The van der Waals surface area contributed by atoms with Crippen LogP contribution in [0, 0.1) is 0 Å². The minimum absolute atomic E-state index is 0.793. The summed E-state index contributed by atoms with van der Waals surface area (Å²) in [5.74, 6) is 0. The molecule has 1 aliphatic heterocycles. The lowest BCUT2D eigenvalue weighted by Crippen LogP contribution is -2.46. The Balaban J connectivity index is 1.88. The number of nitrogens with zero attached hydrogens (tertiary/aromatic N) is 1. The second-order valence-corrected chi connectivity index (χ2v) is 5.52. The van der Waals surface area contributed by atoms with Crippen molar-refractivity contribution in [1.29, 1.82) is 0 Å². The first kappa shape index (κ1) is 12.4. The average Bonchev–Trinajstić information content (AvgIpc) is 2.78. The van der Waals surface area contributed by atoms with E-state index >= 15 is 0 Å². The number of rotatable bonds is 4. The fourth-order valence-electron chi connectivity index (χ4n) is 3.72. The molecule has 94 valence electrons. The van der Waals surface area contributed by atoms with Gasteiger partial charge in [-0.1, -0.05) is 20.3 Å². The van der Waals surface area contributed by atoms with E-state index in [-0.39, 0.29) is 0 Å². The summed E-state index contributed by atoms with van der Waals surface area (Å²) in [4.78, 5) is 2.82. The summed E-state index contributed by atoms with van der Waals surface area (Å²) in [6.07, 6.45) is 9.88. The van der Waals surface area contributed by atoms with Gasteiger partial charge in [-0.25, -0.2) is 0 Å². The predicted octanol–water partition coefficient (Wildman–Crippen LogP) is 2.78. The van der Waals surface area contributed by atoms with Gasteiger partial charge < -0.3 is 5.32 Å². The van der Waals surface area contributed by atoms with E-state index in [0.717, 1.165) is 24.7 Å². The Kier molecular flexibility index (Phi) is 4.66. The molecule has 0 aromatic rings. The van der Waals surface area contributed by atoms with E-state index in [1.165, 1.54) is 51.5 Å². The van der Waals surface area contributed by atoms with E-state index in [4.69, 9.17) is 0 Å². The quantitative estimate of drug-likeness (QED) is 0.790. The SMILES string of the molecule is CCNC1CCCC(N2CCCC2CC)C1. The van der Waals surface area contributed by atoms with Crippen molar-refractivity contribution < 1.29 is 0 Å². The molecule has 1 aliphatic carbocycles. The van der Waals surface area contributed by atoms with E-state index < -0.39 is 0 Å². The van der Waals surface area contributed by atoms with E-state index in [1.54, 1.807) is 0 Å². The first-order valence-corrected chi connectivity index (χ1v) is 7.34. The van der Waals surface area contributed by atoms with Crippen LogP contribution in [0.25, 0.3) is 0 Å². The van der Waals surface area contributed by atoms with Crippen molar-refractivity contribution in [2.45, 2.75) is 76.9 Å². The molecule has 0 spiro atoms. The van der Waals surface area contributed by atoms with E-state index in [0.29, 0.717) is 0 Å². The Morgan fingerprint density at radius 1 is 1.12 bits per heavy atom. The maximum atomic E-state index is 3.64. The fraction of sp³-hybridized carbons (Fsp3) is 1.00. The predicted molar refractivity (Wildman–Crippen MR) is 69.7 cm³/mol. The molecule has 2 rings (SSSR count). The topological polar surface area (TPSA) is 15.3 Å². The van der Waals surface area contributed by atoms with E-state index in [2.05, 4.69) is 24.1 Å². The summed E-state index contributed by atoms with van der Waals surface area (Å²) in [5.41, 5.74) is 0. The van der Waals surface area contributed by atoms with Crippen molar-refractivity contribution in [3.05, 3.63) is 0 Å². The molecule has 3 atom stereocenters. The molecular weight excluding hydrogens is 196 g/mol. The van der Waals surface area contributed by atoms with Crippen molar-refractivity contribution in [1.82, 2.24) is 10.2 Å². The highest BCUT2D eigenvalue weighted by Gasteiger charge is 2.32. The second-order valence-electron chi connectivity index (χ2n) is 5.52.